The van der Waals surface area contributed by atoms with E-state index in [-0.39, 0.29) is 11.9 Å². The lowest BCUT2D eigenvalue weighted by atomic mass is 10.0. The van der Waals surface area contributed by atoms with Gasteiger partial charge in [0, 0.05) is 12.8 Å². The number of para-hydroxylation sites is 1. The van der Waals surface area contributed by atoms with Crippen molar-refractivity contribution in [2.75, 3.05) is 0 Å². The average molecular weight is 447 g/mol. The Kier molecular flexibility index (Phi) is 14.8. The van der Waals surface area contributed by atoms with Crippen LogP contribution in [0.1, 0.15) is 117 Å². The van der Waals surface area contributed by atoms with Gasteiger partial charge in [0.25, 0.3) is 0 Å². The number of benzene rings is 1. The van der Waals surface area contributed by atoms with Crippen LogP contribution >= 0.6 is 0 Å². The second kappa shape index (κ2) is 16.7. The Labute approximate surface area is 196 Å². The van der Waals surface area contributed by atoms with E-state index < -0.39 is 0 Å². The molecule has 0 radical (unpaired) electrons. The Morgan fingerprint density at radius 1 is 0.750 bits per heavy atom. The van der Waals surface area contributed by atoms with E-state index >= 15 is 0 Å². The molecule has 32 heavy (non-hydrogen) atoms. The molecule has 1 aromatic rings. The van der Waals surface area contributed by atoms with Crippen molar-refractivity contribution in [3.63, 3.8) is 0 Å². The Balaban J connectivity index is 2.81. The number of rotatable bonds is 17. The molecule has 0 spiro atoms. The number of unbranched alkanes of at least 4 members (excludes halogenated alkanes) is 5. The third-order valence-electron chi connectivity index (χ3n) is 5.62. The molecule has 0 bridgehead atoms. The maximum absolute atomic E-state index is 12.5. The summed E-state index contributed by atoms with van der Waals surface area (Å²) in [6, 6.07) is 5.61. The molecule has 0 heterocycles. The van der Waals surface area contributed by atoms with Crippen molar-refractivity contribution < 1.29 is 19.1 Å². The highest BCUT2D eigenvalue weighted by Crippen LogP contribution is 2.33. The molecule has 1 rings (SSSR count). The first-order valence-corrected chi connectivity index (χ1v) is 12.9. The Hall–Kier alpha value is -1.84. The minimum absolute atomic E-state index is 0.252. The fourth-order valence-corrected chi connectivity index (χ4v) is 3.70. The molecule has 0 aliphatic rings. The van der Waals surface area contributed by atoms with E-state index in [2.05, 4.69) is 34.6 Å². The molecule has 0 unspecified atom stereocenters. The summed E-state index contributed by atoms with van der Waals surface area (Å²) in [6.07, 6.45) is 12.4. The molecule has 1 aromatic carbocycles. The molecule has 0 aliphatic carbocycles. The maximum atomic E-state index is 12.5. The third kappa shape index (κ3) is 12.9. The minimum Gasteiger partial charge on any atom is -0.423 e. The molecule has 0 atom stereocenters. The summed E-state index contributed by atoms with van der Waals surface area (Å²) in [5.41, 5.74) is 0.949. The summed E-state index contributed by atoms with van der Waals surface area (Å²) in [5, 5.41) is 0. The first-order chi connectivity index (χ1) is 15.3. The lowest BCUT2D eigenvalue weighted by molar-refractivity contribution is -0.137. The van der Waals surface area contributed by atoms with Crippen LogP contribution in [0.2, 0.25) is 0 Å². The Morgan fingerprint density at radius 3 is 1.91 bits per heavy atom. The molecule has 4 heteroatoms. The molecule has 0 fully saturated rings. The maximum Gasteiger partial charge on any atom is 0.311 e. The van der Waals surface area contributed by atoms with Crippen LogP contribution in [0.25, 0.3) is 0 Å². The molecule has 0 saturated heterocycles. The van der Waals surface area contributed by atoms with Crippen LogP contribution < -0.4 is 9.47 Å². The molecule has 0 amide bonds. The number of hydrogen-bond acceptors (Lipinski definition) is 4. The summed E-state index contributed by atoms with van der Waals surface area (Å²) >= 11 is 0. The monoisotopic (exact) mass is 446 g/mol. The van der Waals surface area contributed by atoms with Gasteiger partial charge in [0.15, 0.2) is 11.5 Å². The van der Waals surface area contributed by atoms with Crippen molar-refractivity contribution >= 4 is 11.9 Å². The zero-order valence-electron chi connectivity index (χ0n) is 21.2. The predicted molar refractivity (Wildman–Crippen MR) is 132 cm³/mol. The first kappa shape index (κ1) is 28.2. The van der Waals surface area contributed by atoms with E-state index in [0.29, 0.717) is 36.2 Å². The predicted octanol–water partition coefficient (Wildman–Crippen LogP) is 8.05. The SMILES string of the molecule is CCCCCCCCc1cccc(OC(=O)CCCC(C)C)c1OC(=O)CCCC(C)C. The van der Waals surface area contributed by atoms with Crippen LogP contribution in [-0.2, 0) is 16.0 Å². The number of carbonyl (C=O) groups is 2. The molecule has 0 aliphatic heterocycles. The fourth-order valence-electron chi connectivity index (χ4n) is 3.70. The lowest BCUT2D eigenvalue weighted by Gasteiger charge is -2.15. The minimum atomic E-state index is -0.264. The van der Waals surface area contributed by atoms with Crippen molar-refractivity contribution in [2.45, 2.75) is 118 Å². The molecule has 4 nitrogen and oxygen atoms in total. The van der Waals surface area contributed by atoms with Crippen molar-refractivity contribution in [3.05, 3.63) is 23.8 Å². The third-order valence-corrected chi connectivity index (χ3v) is 5.62. The van der Waals surface area contributed by atoms with Crippen LogP contribution in [0, 0.1) is 11.8 Å². The highest BCUT2D eigenvalue weighted by atomic mass is 16.6. The van der Waals surface area contributed by atoms with Gasteiger partial charge in [-0.05, 0) is 49.1 Å². The fraction of sp³-hybridized carbons (Fsp3) is 0.714. The number of aryl methyl sites for hydroxylation is 1. The summed E-state index contributed by atoms with van der Waals surface area (Å²) in [6.45, 7) is 10.8. The van der Waals surface area contributed by atoms with E-state index in [4.69, 9.17) is 9.47 Å². The zero-order chi connectivity index (χ0) is 23.8. The van der Waals surface area contributed by atoms with Gasteiger partial charge in [-0.25, -0.2) is 0 Å². The Morgan fingerprint density at radius 2 is 1.31 bits per heavy atom. The van der Waals surface area contributed by atoms with Crippen LogP contribution in [-0.4, -0.2) is 11.9 Å². The van der Waals surface area contributed by atoms with Gasteiger partial charge in [-0.3, -0.25) is 9.59 Å². The van der Waals surface area contributed by atoms with Crippen LogP contribution in [0.4, 0.5) is 0 Å². The van der Waals surface area contributed by atoms with Crippen LogP contribution in [0.3, 0.4) is 0 Å². The number of carbonyl (C=O) groups excluding carboxylic acids is 2. The second-order valence-electron chi connectivity index (χ2n) is 9.78. The lowest BCUT2D eigenvalue weighted by Crippen LogP contribution is -2.13. The largest absolute Gasteiger partial charge is 0.423 e. The molecule has 0 saturated carbocycles. The topological polar surface area (TPSA) is 52.6 Å². The highest BCUT2D eigenvalue weighted by Gasteiger charge is 2.18. The summed E-state index contributed by atoms with van der Waals surface area (Å²) in [4.78, 5) is 24.9. The van der Waals surface area contributed by atoms with Gasteiger partial charge in [-0.1, -0.05) is 91.7 Å². The van der Waals surface area contributed by atoms with Gasteiger partial charge >= 0.3 is 11.9 Å². The zero-order valence-corrected chi connectivity index (χ0v) is 21.2. The van der Waals surface area contributed by atoms with Crippen molar-refractivity contribution in [1.29, 1.82) is 0 Å². The van der Waals surface area contributed by atoms with Crippen molar-refractivity contribution in [1.82, 2.24) is 0 Å². The molecule has 0 aromatic heterocycles. The summed E-state index contributed by atoms with van der Waals surface area (Å²) < 4.78 is 11.4. The second-order valence-corrected chi connectivity index (χ2v) is 9.78. The molecular weight excluding hydrogens is 400 g/mol. The number of esters is 2. The quantitative estimate of drug-likeness (QED) is 0.138. The molecular formula is C28H46O4. The normalized spacial score (nSPS) is 11.2. The van der Waals surface area contributed by atoms with Gasteiger partial charge < -0.3 is 9.47 Å². The van der Waals surface area contributed by atoms with Crippen LogP contribution in [0.15, 0.2) is 18.2 Å². The average Bonchev–Trinajstić information content (AvgIpc) is 2.72. The molecule has 0 N–H and O–H groups in total. The molecule has 182 valence electrons. The van der Waals surface area contributed by atoms with Gasteiger partial charge in [-0.2, -0.15) is 0 Å². The smallest absolute Gasteiger partial charge is 0.311 e. The highest BCUT2D eigenvalue weighted by molar-refractivity contribution is 5.76. The van der Waals surface area contributed by atoms with E-state index in [1.54, 1.807) is 6.07 Å². The Bertz CT molecular complexity index is 663. The van der Waals surface area contributed by atoms with Gasteiger partial charge in [0.2, 0.25) is 0 Å². The van der Waals surface area contributed by atoms with E-state index in [1.165, 1.54) is 25.7 Å². The van der Waals surface area contributed by atoms with Crippen molar-refractivity contribution in [3.8, 4) is 11.5 Å². The van der Waals surface area contributed by atoms with E-state index in [0.717, 1.165) is 50.5 Å². The first-order valence-electron chi connectivity index (χ1n) is 12.9. The number of ether oxygens (including phenoxy) is 2. The standard InChI is InChI=1S/C28H46O4/c1-6-7-8-9-10-11-17-24-18-14-19-25(31-26(29)20-12-15-22(2)3)28(24)32-27(30)21-13-16-23(4)5/h14,18-19,22-23H,6-13,15-17,20-21H2,1-5H3. The van der Waals surface area contributed by atoms with Crippen molar-refractivity contribution in [2.24, 2.45) is 11.8 Å². The van der Waals surface area contributed by atoms with E-state index in [9.17, 15) is 9.59 Å². The van der Waals surface area contributed by atoms with Gasteiger partial charge in [0.1, 0.15) is 0 Å². The number of hydrogen-bond donors (Lipinski definition) is 0. The van der Waals surface area contributed by atoms with Gasteiger partial charge in [0.05, 0.1) is 0 Å². The summed E-state index contributed by atoms with van der Waals surface area (Å²) in [5.74, 6) is 1.42. The van der Waals surface area contributed by atoms with E-state index in [1.807, 2.05) is 12.1 Å². The van der Waals surface area contributed by atoms with Crippen LogP contribution in [0.5, 0.6) is 11.5 Å². The summed E-state index contributed by atoms with van der Waals surface area (Å²) in [7, 11) is 0. The van der Waals surface area contributed by atoms with Gasteiger partial charge in [-0.15, -0.1) is 0 Å².